The Morgan fingerprint density at radius 1 is 1.23 bits per heavy atom. The average Bonchev–Trinajstić information content (AvgIpc) is 3.09. The van der Waals surface area contributed by atoms with Crippen LogP contribution in [0.2, 0.25) is 0 Å². The van der Waals surface area contributed by atoms with Gasteiger partial charge in [-0.25, -0.2) is 18.2 Å². The van der Waals surface area contributed by atoms with E-state index in [1.54, 1.807) is 11.0 Å². The fourth-order valence-corrected chi connectivity index (χ4v) is 4.39. The van der Waals surface area contributed by atoms with Crippen LogP contribution in [0, 0.1) is 11.6 Å². The number of hydrogen-bond acceptors (Lipinski definition) is 7. The molecule has 31 heavy (non-hydrogen) atoms. The first-order chi connectivity index (χ1) is 14.8. The predicted octanol–water partition coefficient (Wildman–Crippen LogP) is 3.19. The number of thiazole rings is 1. The maximum Gasteiger partial charge on any atom is 0.277 e. The largest absolute Gasteiger partial charge is 0.389 e. The summed E-state index contributed by atoms with van der Waals surface area (Å²) in [5.74, 6) is -2.29. The lowest BCUT2D eigenvalue weighted by Crippen LogP contribution is -2.48. The lowest BCUT2D eigenvalue weighted by Gasteiger charge is -2.35. The summed E-state index contributed by atoms with van der Waals surface area (Å²) >= 11 is 0.801. The van der Waals surface area contributed by atoms with Gasteiger partial charge in [-0.1, -0.05) is 17.4 Å². The van der Waals surface area contributed by atoms with Crippen LogP contribution in [0.5, 0.6) is 0 Å². The van der Waals surface area contributed by atoms with E-state index in [0.29, 0.717) is 17.9 Å². The summed E-state index contributed by atoms with van der Waals surface area (Å²) in [5, 5.41) is 2.61. The number of carbonyl (C=O) groups is 1. The molecule has 1 aliphatic heterocycles. The number of hydrogen-bond donors (Lipinski definition) is 3. The fraction of sp³-hybridized carbons (Fsp3) is 0.250. The number of piperidine rings is 1. The average molecular weight is 448 g/mol. The second-order valence-electron chi connectivity index (χ2n) is 7.17. The number of benzene rings is 1. The number of pyridine rings is 1. The van der Waals surface area contributed by atoms with Crippen molar-refractivity contribution in [1.82, 2.24) is 9.97 Å². The highest BCUT2D eigenvalue weighted by atomic mass is 32.1. The Labute approximate surface area is 179 Å². The smallest absolute Gasteiger partial charge is 0.277 e. The quantitative estimate of drug-likeness (QED) is 0.566. The number of nitrogen functional groups attached to an aromatic ring is 1. The number of carbonyl (C=O) groups excluding carboxylic acids is 1. The Kier molecular flexibility index (Phi) is 5.79. The van der Waals surface area contributed by atoms with Gasteiger partial charge in [0.15, 0.2) is 5.69 Å². The van der Waals surface area contributed by atoms with Crippen molar-refractivity contribution in [3.8, 4) is 10.6 Å². The third kappa shape index (κ3) is 4.32. The van der Waals surface area contributed by atoms with Gasteiger partial charge in [-0.3, -0.25) is 9.78 Å². The van der Waals surface area contributed by atoms with Crippen molar-refractivity contribution in [2.45, 2.75) is 18.6 Å². The zero-order chi connectivity index (χ0) is 22.1. The minimum absolute atomic E-state index is 0.00408. The van der Waals surface area contributed by atoms with Gasteiger partial charge in [0.2, 0.25) is 0 Å². The van der Waals surface area contributed by atoms with Crippen molar-refractivity contribution in [1.29, 1.82) is 0 Å². The first-order valence-corrected chi connectivity index (χ1v) is 10.3. The summed E-state index contributed by atoms with van der Waals surface area (Å²) in [6.45, 7) is 0.555. The third-order valence-corrected chi connectivity index (χ3v) is 5.77. The Balaban J connectivity index is 1.61. The van der Waals surface area contributed by atoms with Gasteiger partial charge in [0.1, 0.15) is 27.8 Å². The molecule has 0 unspecified atom stereocenters. The Morgan fingerprint density at radius 2 is 1.97 bits per heavy atom. The van der Waals surface area contributed by atoms with Crippen LogP contribution >= 0.6 is 11.3 Å². The molecule has 2 aromatic heterocycles. The van der Waals surface area contributed by atoms with E-state index in [1.807, 2.05) is 0 Å². The molecule has 0 bridgehead atoms. The number of nitrogens with one attached hydrogen (secondary N) is 1. The van der Waals surface area contributed by atoms with E-state index in [9.17, 15) is 18.0 Å². The number of rotatable bonds is 4. The van der Waals surface area contributed by atoms with Crippen LogP contribution < -0.4 is 21.7 Å². The number of nitrogens with zero attached hydrogens (tertiary/aromatic N) is 3. The van der Waals surface area contributed by atoms with Crippen LogP contribution in [-0.4, -0.2) is 41.2 Å². The van der Waals surface area contributed by atoms with Crippen molar-refractivity contribution in [3.05, 3.63) is 54.0 Å². The molecule has 5 N–H and O–H groups in total. The van der Waals surface area contributed by atoms with Crippen molar-refractivity contribution >= 4 is 33.6 Å². The van der Waals surface area contributed by atoms with Crippen molar-refractivity contribution in [2.24, 2.45) is 5.73 Å². The number of amides is 1. The molecular weight excluding hydrogens is 429 g/mol. The maximum absolute atomic E-state index is 14.1. The van der Waals surface area contributed by atoms with Gasteiger partial charge in [-0.15, -0.1) is 0 Å². The van der Waals surface area contributed by atoms with Gasteiger partial charge in [0.05, 0.1) is 23.1 Å². The minimum atomic E-state index is -1.09. The SMILES string of the molecule is Nc1sc(-c2c(F)cccc2F)nc1C(=O)Nc1cnccc1N1C[C@@H](N)C[C@@H](F)C1. The summed E-state index contributed by atoms with van der Waals surface area (Å²) in [7, 11) is 0. The number of anilines is 3. The molecular formula is C20H19F3N6OS. The van der Waals surface area contributed by atoms with E-state index < -0.39 is 23.7 Å². The molecule has 3 aromatic rings. The second-order valence-corrected chi connectivity index (χ2v) is 8.20. The topological polar surface area (TPSA) is 110 Å². The van der Waals surface area contributed by atoms with Crippen molar-refractivity contribution in [3.63, 3.8) is 0 Å². The van der Waals surface area contributed by atoms with Crippen LogP contribution in [0.15, 0.2) is 36.7 Å². The highest BCUT2D eigenvalue weighted by molar-refractivity contribution is 7.19. The normalized spacial score (nSPS) is 18.8. The number of alkyl halides is 1. The van der Waals surface area contributed by atoms with Crippen LogP contribution in [0.25, 0.3) is 10.6 Å². The molecule has 0 spiro atoms. The highest BCUT2D eigenvalue weighted by Gasteiger charge is 2.27. The Hall–Kier alpha value is -3.18. The van der Waals surface area contributed by atoms with Gasteiger partial charge in [-0.2, -0.15) is 0 Å². The Morgan fingerprint density at radius 3 is 2.68 bits per heavy atom. The van der Waals surface area contributed by atoms with E-state index in [-0.39, 0.29) is 40.3 Å². The Bertz CT molecular complexity index is 1090. The zero-order valence-corrected chi connectivity index (χ0v) is 17.0. The van der Waals surface area contributed by atoms with Crippen LogP contribution in [0.4, 0.5) is 29.5 Å². The second kappa shape index (κ2) is 8.52. The number of halogens is 3. The molecule has 0 saturated carbocycles. The standard InChI is InChI=1S/C20H19F3N6OS/c21-10-6-11(24)9-29(8-10)15-4-5-26-7-14(15)27-19(30)17-18(25)31-20(28-17)16-12(22)2-1-3-13(16)23/h1-5,7,10-11H,6,8-9,24-25H2,(H,27,30)/t10-,11+/m1/s1. The molecule has 11 heteroatoms. The molecule has 162 valence electrons. The first-order valence-electron chi connectivity index (χ1n) is 9.44. The zero-order valence-electron chi connectivity index (χ0n) is 16.2. The molecule has 0 radical (unpaired) electrons. The van der Waals surface area contributed by atoms with Crippen molar-refractivity contribution in [2.75, 3.05) is 29.0 Å². The van der Waals surface area contributed by atoms with Crippen LogP contribution in [0.3, 0.4) is 0 Å². The van der Waals surface area contributed by atoms with Gasteiger partial charge in [-0.05, 0) is 24.6 Å². The predicted molar refractivity (Wildman–Crippen MR) is 114 cm³/mol. The van der Waals surface area contributed by atoms with E-state index in [4.69, 9.17) is 11.5 Å². The summed E-state index contributed by atoms with van der Waals surface area (Å²) < 4.78 is 42.2. The number of aromatic nitrogens is 2. The molecule has 2 atom stereocenters. The lowest BCUT2D eigenvalue weighted by atomic mass is 10.0. The molecule has 3 heterocycles. The van der Waals surface area contributed by atoms with Gasteiger partial charge in [0.25, 0.3) is 5.91 Å². The van der Waals surface area contributed by atoms with Crippen molar-refractivity contribution < 1.29 is 18.0 Å². The summed E-state index contributed by atoms with van der Waals surface area (Å²) in [5.41, 5.74) is 12.2. The van der Waals surface area contributed by atoms with E-state index in [0.717, 1.165) is 23.5 Å². The highest BCUT2D eigenvalue weighted by Crippen LogP contribution is 2.34. The monoisotopic (exact) mass is 448 g/mol. The molecule has 1 saturated heterocycles. The van der Waals surface area contributed by atoms with Gasteiger partial charge < -0.3 is 21.7 Å². The lowest BCUT2D eigenvalue weighted by molar-refractivity contribution is 0.102. The third-order valence-electron chi connectivity index (χ3n) is 4.86. The van der Waals surface area contributed by atoms with E-state index in [1.165, 1.54) is 18.5 Å². The molecule has 7 nitrogen and oxygen atoms in total. The van der Waals surface area contributed by atoms with Crippen LogP contribution in [0.1, 0.15) is 16.9 Å². The number of nitrogens with two attached hydrogens (primary N) is 2. The molecule has 0 aliphatic carbocycles. The van der Waals surface area contributed by atoms with Gasteiger partial charge >= 0.3 is 0 Å². The molecule has 1 aliphatic rings. The first kappa shape index (κ1) is 21.1. The fourth-order valence-electron chi connectivity index (χ4n) is 3.52. The summed E-state index contributed by atoms with van der Waals surface area (Å²) in [4.78, 5) is 22.6. The molecule has 1 fully saturated rings. The van der Waals surface area contributed by atoms with Gasteiger partial charge in [0, 0.05) is 25.3 Å². The maximum atomic E-state index is 14.1. The molecule has 1 amide bonds. The summed E-state index contributed by atoms with van der Waals surface area (Å²) in [6, 6.07) is 4.73. The molecule has 4 rings (SSSR count). The molecule has 1 aromatic carbocycles. The van der Waals surface area contributed by atoms with E-state index in [2.05, 4.69) is 15.3 Å². The van der Waals surface area contributed by atoms with Crippen LogP contribution in [-0.2, 0) is 0 Å². The minimum Gasteiger partial charge on any atom is -0.389 e. The van der Waals surface area contributed by atoms with E-state index >= 15 is 0 Å². The summed E-state index contributed by atoms with van der Waals surface area (Å²) in [6.07, 6.45) is 2.12.